The molecule has 0 aliphatic heterocycles. The van der Waals surface area contributed by atoms with Crippen LogP contribution in [0.25, 0.3) is 5.52 Å². The monoisotopic (exact) mass is 280 g/mol. The molecule has 1 atom stereocenters. The molecule has 0 spiro atoms. The van der Waals surface area contributed by atoms with E-state index in [0.717, 1.165) is 30.5 Å². The number of hydrogen-bond donors (Lipinski definition) is 2. The Bertz CT molecular complexity index is 768. The zero-order valence-corrected chi connectivity index (χ0v) is 11.5. The second-order valence-electron chi connectivity index (χ2n) is 5.55. The van der Waals surface area contributed by atoms with E-state index in [4.69, 9.17) is 0 Å². The highest BCUT2D eigenvalue weighted by Crippen LogP contribution is 2.19. The Morgan fingerprint density at radius 1 is 1.43 bits per heavy atom. The van der Waals surface area contributed by atoms with Crippen molar-refractivity contribution in [3.05, 3.63) is 59.7 Å². The van der Waals surface area contributed by atoms with Gasteiger partial charge in [0.15, 0.2) is 0 Å². The maximum Gasteiger partial charge on any atom is 0.253 e. The van der Waals surface area contributed by atoms with Gasteiger partial charge in [0.25, 0.3) is 5.91 Å². The van der Waals surface area contributed by atoms with Crippen molar-refractivity contribution in [2.24, 2.45) is 0 Å². The number of aromatic nitrogens is 3. The smallest absolute Gasteiger partial charge is 0.253 e. The molecule has 5 heteroatoms. The highest BCUT2D eigenvalue weighted by molar-refractivity contribution is 5.95. The number of amides is 1. The lowest BCUT2D eigenvalue weighted by Crippen LogP contribution is -2.38. The molecule has 21 heavy (non-hydrogen) atoms. The first kappa shape index (κ1) is 12.2. The molecule has 2 N–H and O–H groups in total. The molecular formula is C16H16N4O. The van der Waals surface area contributed by atoms with Gasteiger partial charge in [-0.25, -0.2) is 0 Å². The van der Waals surface area contributed by atoms with Crippen molar-refractivity contribution in [1.29, 1.82) is 0 Å². The van der Waals surface area contributed by atoms with Crippen LogP contribution in [-0.4, -0.2) is 26.5 Å². The molecule has 1 unspecified atom stereocenters. The van der Waals surface area contributed by atoms with Gasteiger partial charge >= 0.3 is 0 Å². The van der Waals surface area contributed by atoms with Crippen LogP contribution in [-0.2, 0) is 12.8 Å². The van der Waals surface area contributed by atoms with Gasteiger partial charge < -0.3 is 9.72 Å². The van der Waals surface area contributed by atoms with E-state index in [-0.39, 0.29) is 11.9 Å². The van der Waals surface area contributed by atoms with Gasteiger partial charge in [-0.05, 0) is 36.6 Å². The highest BCUT2D eigenvalue weighted by atomic mass is 16.1. The van der Waals surface area contributed by atoms with Crippen molar-refractivity contribution in [1.82, 2.24) is 19.9 Å². The summed E-state index contributed by atoms with van der Waals surface area (Å²) in [5.41, 5.74) is 4.16. The van der Waals surface area contributed by atoms with Crippen LogP contribution in [0.5, 0.6) is 0 Å². The second-order valence-corrected chi connectivity index (χ2v) is 5.55. The highest BCUT2D eigenvalue weighted by Gasteiger charge is 2.22. The number of pyridine rings is 1. The van der Waals surface area contributed by atoms with E-state index in [9.17, 15) is 4.79 Å². The van der Waals surface area contributed by atoms with Gasteiger partial charge in [-0.1, -0.05) is 6.07 Å². The molecule has 1 amide bonds. The Morgan fingerprint density at radius 2 is 2.38 bits per heavy atom. The topological polar surface area (TPSA) is 62.2 Å². The lowest BCUT2D eigenvalue weighted by molar-refractivity contribution is 0.0933. The molecule has 3 heterocycles. The lowest BCUT2D eigenvalue weighted by Gasteiger charge is -2.22. The van der Waals surface area contributed by atoms with Crippen molar-refractivity contribution >= 4 is 11.4 Å². The molecule has 0 bridgehead atoms. The number of rotatable bonds is 2. The van der Waals surface area contributed by atoms with E-state index in [0.29, 0.717) is 5.56 Å². The van der Waals surface area contributed by atoms with E-state index >= 15 is 0 Å². The van der Waals surface area contributed by atoms with Gasteiger partial charge in [0.1, 0.15) is 0 Å². The van der Waals surface area contributed by atoms with Crippen LogP contribution in [0, 0.1) is 0 Å². The summed E-state index contributed by atoms with van der Waals surface area (Å²) in [7, 11) is 0. The number of carbonyl (C=O) groups is 1. The van der Waals surface area contributed by atoms with E-state index in [1.165, 1.54) is 5.56 Å². The summed E-state index contributed by atoms with van der Waals surface area (Å²) in [6.07, 6.45) is 8.46. The van der Waals surface area contributed by atoms with Crippen molar-refractivity contribution in [3.63, 3.8) is 0 Å². The standard InChI is InChI=1S/C16H16N4O/c21-16(12-7-14-3-1-2-6-20(14)10-12)18-13-5-4-11-9-17-19-15(11)8-13/h1-3,6-7,9-10,13H,4-5,8H2,(H,17,19)(H,18,21). The predicted molar refractivity (Wildman–Crippen MR) is 79.3 cm³/mol. The van der Waals surface area contributed by atoms with Crippen LogP contribution in [0.4, 0.5) is 0 Å². The van der Waals surface area contributed by atoms with Gasteiger partial charge in [0.2, 0.25) is 0 Å². The molecule has 5 nitrogen and oxygen atoms in total. The first-order valence-corrected chi connectivity index (χ1v) is 7.18. The Hall–Kier alpha value is -2.56. The molecule has 0 aromatic carbocycles. The quantitative estimate of drug-likeness (QED) is 0.753. The van der Waals surface area contributed by atoms with Crippen molar-refractivity contribution in [2.75, 3.05) is 0 Å². The van der Waals surface area contributed by atoms with Crippen molar-refractivity contribution < 1.29 is 4.79 Å². The summed E-state index contributed by atoms with van der Waals surface area (Å²) in [5, 5.41) is 10.2. The first-order valence-electron chi connectivity index (χ1n) is 7.18. The number of H-pyrrole nitrogens is 1. The molecule has 3 aromatic heterocycles. The molecule has 1 aliphatic carbocycles. The number of nitrogens with one attached hydrogen (secondary N) is 2. The average Bonchev–Trinajstić information content (AvgIpc) is 3.13. The van der Waals surface area contributed by atoms with Gasteiger partial charge in [-0.15, -0.1) is 0 Å². The third-order valence-electron chi connectivity index (χ3n) is 4.12. The molecule has 106 valence electrons. The normalized spacial score (nSPS) is 17.6. The number of aromatic amines is 1. The number of fused-ring (bicyclic) bond motifs is 2. The van der Waals surface area contributed by atoms with Gasteiger partial charge in [0, 0.05) is 36.1 Å². The zero-order valence-electron chi connectivity index (χ0n) is 11.5. The molecule has 1 aliphatic rings. The second kappa shape index (κ2) is 4.77. The van der Waals surface area contributed by atoms with E-state index < -0.39 is 0 Å². The Morgan fingerprint density at radius 3 is 3.29 bits per heavy atom. The number of carbonyl (C=O) groups excluding carboxylic acids is 1. The third kappa shape index (κ3) is 2.20. The van der Waals surface area contributed by atoms with E-state index in [1.807, 2.05) is 47.3 Å². The van der Waals surface area contributed by atoms with Gasteiger partial charge in [0.05, 0.1) is 11.8 Å². The molecule has 0 saturated carbocycles. The van der Waals surface area contributed by atoms with Gasteiger partial charge in [-0.3, -0.25) is 9.89 Å². The number of hydrogen-bond acceptors (Lipinski definition) is 2. The fraction of sp³-hybridized carbons (Fsp3) is 0.250. The fourth-order valence-corrected chi connectivity index (χ4v) is 2.98. The SMILES string of the molecule is O=C(NC1CCc2cn[nH]c2C1)c1cc2ccccn2c1. The summed E-state index contributed by atoms with van der Waals surface area (Å²) in [4.78, 5) is 12.4. The van der Waals surface area contributed by atoms with Crippen LogP contribution in [0.3, 0.4) is 0 Å². The van der Waals surface area contributed by atoms with Crippen LogP contribution in [0.15, 0.2) is 42.9 Å². The van der Waals surface area contributed by atoms with Crippen molar-refractivity contribution in [3.8, 4) is 0 Å². The summed E-state index contributed by atoms with van der Waals surface area (Å²) < 4.78 is 1.96. The fourth-order valence-electron chi connectivity index (χ4n) is 2.98. The number of nitrogens with zero attached hydrogens (tertiary/aromatic N) is 2. The van der Waals surface area contributed by atoms with Crippen LogP contribution >= 0.6 is 0 Å². The molecule has 0 saturated heterocycles. The summed E-state index contributed by atoms with van der Waals surface area (Å²) in [6, 6.07) is 8.01. The Labute approximate surface area is 122 Å². The molecule has 0 radical (unpaired) electrons. The minimum atomic E-state index is -0.00772. The maximum absolute atomic E-state index is 12.4. The Balaban J connectivity index is 1.51. The van der Waals surface area contributed by atoms with E-state index in [1.54, 1.807) is 0 Å². The summed E-state index contributed by atoms with van der Waals surface area (Å²) in [5.74, 6) is -0.00772. The number of aryl methyl sites for hydroxylation is 1. The van der Waals surface area contributed by atoms with Crippen LogP contribution in [0.2, 0.25) is 0 Å². The molecular weight excluding hydrogens is 264 g/mol. The average molecular weight is 280 g/mol. The van der Waals surface area contributed by atoms with Crippen molar-refractivity contribution in [2.45, 2.75) is 25.3 Å². The largest absolute Gasteiger partial charge is 0.349 e. The lowest BCUT2D eigenvalue weighted by atomic mass is 9.93. The van der Waals surface area contributed by atoms with E-state index in [2.05, 4.69) is 15.5 Å². The zero-order chi connectivity index (χ0) is 14.2. The molecule has 3 aromatic rings. The predicted octanol–water partition coefficient (Wildman–Crippen LogP) is 1.95. The van der Waals surface area contributed by atoms with Crippen LogP contribution < -0.4 is 5.32 Å². The molecule has 0 fully saturated rings. The Kier molecular flexibility index (Phi) is 2.77. The van der Waals surface area contributed by atoms with Crippen LogP contribution in [0.1, 0.15) is 28.0 Å². The minimum Gasteiger partial charge on any atom is -0.349 e. The maximum atomic E-state index is 12.4. The molecule has 4 rings (SSSR count). The summed E-state index contributed by atoms with van der Waals surface area (Å²) >= 11 is 0. The van der Waals surface area contributed by atoms with Gasteiger partial charge in [-0.2, -0.15) is 5.10 Å². The third-order valence-corrected chi connectivity index (χ3v) is 4.12. The minimum absolute atomic E-state index is 0.00772. The first-order chi connectivity index (χ1) is 10.3. The summed E-state index contributed by atoms with van der Waals surface area (Å²) in [6.45, 7) is 0.